The largest absolute Gasteiger partial charge is 0.310 e. The number of hydrogen-bond donors (Lipinski definition) is 1. The van der Waals surface area contributed by atoms with E-state index in [9.17, 15) is 0 Å². The molecule has 0 spiro atoms. The first-order valence-corrected chi connectivity index (χ1v) is 5.97. The van der Waals surface area contributed by atoms with Gasteiger partial charge in [-0.3, -0.25) is 0 Å². The lowest BCUT2D eigenvalue weighted by molar-refractivity contribution is 0.548. The fraction of sp³-hybridized carbons (Fsp3) is 0.571. The Kier molecular flexibility index (Phi) is 3.11. The van der Waals surface area contributed by atoms with Gasteiger partial charge >= 0.3 is 0 Å². The van der Waals surface area contributed by atoms with Crippen LogP contribution < -0.4 is 5.32 Å². The summed E-state index contributed by atoms with van der Waals surface area (Å²) in [6.45, 7) is 7.79. The highest BCUT2D eigenvalue weighted by molar-refractivity contribution is 5.30. The quantitative estimate of drug-likeness (QED) is 0.791. The number of rotatable bonds is 4. The molecule has 0 amide bonds. The average Bonchev–Trinajstić information content (AvgIpc) is 2.96. The zero-order valence-corrected chi connectivity index (χ0v) is 10.0. The molecule has 1 nitrogen and oxygen atoms in total. The molecule has 0 aromatic heterocycles. The molecule has 1 aliphatic carbocycles. The molecular weight excluding hydrogens is 182 g/mol. The van der Waals surface area contributed by atoms with E-state index in [1.807, 2.05) is 0 Å². The normalized spacial score (nSPS) is 17.8. The first-order chi connectivity index (χ1) is 7.15. The Labute approximate surface area is 92.9 Å². The Bertz CT molecular complexity index is 319. The van der Waals surface area contributed by atoms with Gasteiger partial charge in [-0.2, -0.15) is 0 Å². The lowest BCUT2D eigenvalue weighted by Gasteiger charge is -2.15. The van der Waals surface area contributed by atoms with Crippen molar-refractivity contribution in [2.45, 2.75) is 39.7 Å². The van der Waals surface area contributed by atoms with Gasteiger partial charge in [0.15, 0.2) is 0 Å². The third kappa shape index (κ3) is 3.07. The van der Waals surface area contributed by atoms with Gasteiger partial charge in [0.1, 0.15) is 0 Å². The first kappa shape index (κ1) is 10.7. The molecule has 0 bridgehead atoms. The van der Waals surface area contributed by atoms with Crippen molar-refractivity contribution in [3.05, 3.63) is 34.9 Å². The molecule has 1 atom stereocenters. The topological polar surface area (TPSA) is 12.0 Å². The van der Waals surface area contributed by atoms with Crippen molar-refractivity contribution in [2.75, 3.05) is 6.54 Å². The second-order valence-electron chi connectivity index (χ2n) is 4.99. The maximum atomic E-state index is 3.62. The van der Waals surface area contributed by atoms with Gasteiger partial charge in [0, 0.05) is 6.04 Å². The molecule has 0 radical (unpaired) electrons. The van der Waals surface area contributed by atoms with Crippen LogP contribution in [0.25, 0.3) is 0 Å². The third-order valence-corrected chi connectivity index (χ3v) is 3.15. The standard InChI is InChI=1S/C14H21N/c1-10-6-11(2)8-14(7-10)12(3)15-9-13-4-5-13/h6-8,12-13,15H,4-5,9H2,1-3H3. The summed E-state index contributed by atoms with van der Waals surface area (Å²) in [6.07, 6.45) is 2.85. The van der Waals surface area contributed by atoms with Crippen LogP contribution in [-0.4, -0.2) is 6.54 Å². The molecule has 82 valence electrons. The average molecular weight is 203 g/mol. The summed E-state index contributed by atoms with van der Waals surface area (Å²) < 4.78 is 0. The van der Waals surface area contributed by atoms with E-state index in [1.54, 1.807) is 0 Å². The lowest BCUT2D eigenvalue weighted by atomic mass is 10.0. The minimum Gasteiger partial charge on any atom is -0.310 e. The zero-order chi connectivity index (χ0) is 10.8. The molecule has 0 saturated heterocycles. The van der Waals surface area contributed by atoms with E-state index >= 15 is 0 Å². The molecule has 1 fully saturated rings. The van der Waals surface area contributed by atoms with Crippen LogP contribution in [0.15, 0.2) is 18.2 Å². The van der Waals surface area contributed by atoms with E-state index in [4.69, 9.17) is 0 Å². The van der Waals surface area contributed by atoms with Gasteiger partial charge in [-0.25, -0.2) is 0 Å². The highest BCUT2D eigenvalue weighted by atomic mass is 14.9. The number of aryl methyl sites for hydroxylation is 2. The van der Waals surface area contributed by atoms with Crippen molar-refractivity contribution in [2.24, 2.45) is 5.92 Å². The van der Waals surface area contributed by atoms with Gasteiger partial charge in [-0.1, -0.05) is 29.3 Å². The summed E-state index contributed by atoms with van der Waals surface area (Å²) in [6, 6.07) is 7.30. The van der Waals surface area contributed by atoms with Crippen molar-refractivity contribution >= 4 is 0 Å². The maximum Gasteiger partial charge on any atom is 0.0292 e. The highest BCUT2D eigenvalue weighted by Crippen LogP contribution is 2.28. The second kappa shape index (κ2) is 4.36. The Balaban J connectivity index is 1.99. The van der Waals surface area contributed by atoms with Crippen LogP contribution in [0.3, 0.4) is 0 Å². The van der Waals surface area contributed by atoms with Gasteiger partial charge in [0.2, 0.25) is 0 Å². The van der Waals surface area contributed by atoms with E-state index in [0.29, 0.717) is 6.04 Å². The van der Waals surface area contributed by atoms with Gasteiger partial charge in [0.05, 0.1) is 0 Å². The van der Waals surface area contributed by atoms with Crippen molar-refractivity contribution < 1.29 is 0 Å². The highest BCUT2D eigenvalue weighted by Gasteiger charge is 2.21. The van der Waals surface area contributed by atoms with Crippen LogP contribution in [0.4, 0.5) is 0 Å². The van der Waals surface area contributed by atoms with E-state index in [2.05, 4.69) is 44.3 Å². The maximum absolute atomic E-state index is 3.62. The van der Waals surface area contributed by atoms with E-state index < -0.39 is 0 Å². The summed E-state index contributed by atoms with van der Waals surface area (Å²) in [7, 11) is 0. The monoisotopic (exact) mass is 203 g/mol. The summed E-state index contributed by atoms with van der Waals surface area (Å²) in [5, 5.41) is 3.62. The van der Waals surface area contributed by atoms with Gasteiger partial charge in [0.25, 0.3) is 0 Å². The fourth-order valence-electron chi connectivity index (χ4n) is 2.04. The minimum atomic E-state index is 0.490. The van der Waals surface area contributed by atoms with Crippen LogP contribution >= 0.6 is 0 Å². The molecule has 1 aliphatic rings. The third-order valence-electron chi connectivity index (χ3n) is 3.15. The summed E-state index contributed by atoms with van der Waals surface area (Å²) >= 11 is 0. The summed E-state index contributed by atoms with van der Waals surface area (Å²) in [5.41, 5.74) is 4.16. The lowest BCUT2D eigenvalue weighted by Crippen LogP contribution is -2.21. The number of hydrogen-bond acceptors (Lipinski definition) is 1. The number of nitrogens with one attached hydrogen (secondary N) is 1. The molecule has 15 heavy (non-hydrogen) atoms. The van der Waals surface area contributed by atoms with E-state index in [0.717, 1.165) is 5.92 Å². The molecule has 1 unspecified atom stereocenters. The van der Waals surface area contributed by atoms with Gasteiger partial charge < -0.3 is 5.32 Å². The predicted molar refractivity (Wildman–Crippen MR) is 65.1 cm³/mol. The van der Waals surface area contributed by atoms with Crippen LogP contribution in [-0.2, 0) is 0 Å². The Morgan fingerprint density at radius 3 is 2.33 bits per heavy atom. The molecular formula is C14H21N. The predicted octanol–water partition coefficient (Wildman–Crippen LogP) is 3.36. The van der Waals surface area contributed by atoms with Crippen LogP contribution in [0.1, 0.15) is 42.5 Å². The zero-order valence-electron chi connectivity index (χ0n) is 10.0. The Hall–Kier alpha value is -0.820. The van der Waals surface area contributed by atoms with Gasteiger partial charge in [-0.15, -0.1) is 0 Å². The van der Waals surface area contributed by atoms with E-state index in [-0.39, 0.29) is 0 Å². The van der Waals surface area contributed by atoms with Crippen molar-refractivity contribution in [3.8, 4) is 0 Å². The first-order valence-electron chi connectivity index (χ1n) is 5.97. The van der Waals surface area contributed by atoms with Crippen LogP contribution in [0.5, 0.6) is 0 Å². The van der Waals surface area contributed by atoms with Crippen molar-refractivity contribution in [1.82, 2.24) is 5.32 Å². The molecule has 0 heterocycles. The molecule has 1 saturated carbocycles. The molecule has 1 N–H and O–H groups in total. The molecule has 0 aliphatic heterocycles. The molecule has 1 aromatic rings. The van der Waals surface area contributed by atoms with Crippen LogP contribution in [0, 0.1) is 19.8 Å². The Morgan fingerprint density at radius 1 is 1.20 bits per heavy atom. The van der Waals surface area contributed by atoms with E-state index in [1.165, 1.54) is 36.1 Å². The Morgan fingerprint density at radius 2 is 1.80 bits per heavy atom. The molecule has 1 aromatic carbocycles. The summed E-state index contributed by atoms with van der Waals surface area (Å²) in [5.74, 6) is 0.957. The second-order valence-corrected chi connectivity index (χ2v) is 4.99. The van der Waals surface area contributed by atoms with Crippen LogP contribution in [0.2, 0.25) is 0 Å². The van der Waals surface area contributed by atoms with Crippen molar-refractivity contribution in [1.29, 1.82) is 0 Å². The smallest absolute Gasteiger partial charge is 0.0292 e. The molecule has 1 heteroatoms. The number of benzene rings is 1. The fourth-order valence-corrected chi connectivity index (χ4v) is 2.04. The summed E-state index contributed by atoms with van der Waals surface area (Å²) in [4.78, 5) is 0. The van der Waals surface area contributed by atoms with Gasteiger partial charge in [-0.05, 0) is 51.6 Å². The minimum absolute atomic E-state index is 0.490. The SMILES string of the molecule is Cc1cc(C)cc(C(C)NCC2CC2)c1. The van der Waals surface area contributed by atoms with Crippen molar-refractivity contribution in [3.63, 3.8) is 0 Å². The molecule has 2 rings (SSSR count).